The molecule has 5 heteroatoms. The average molecular weight is 450 g/mol. The molecule has 0 saturated carbocycles. The number of halogens is 1. The van der Waals surface area contributed by atoms with Crippen LogP contribution in [0.4, 0.5) is 11.4 Å². The molecule has 0 atom stereocenters. The fraction of sp³-hybridized carbons (Fsp3) is 0.250. The molecule has 1 heterocycles. The van der Waals surface area contributed by atoms with Crippen molar-refractivity contribution in [3.8, 4) is 6.07 Å². The summed E-state index contributed by atoms with van der Waals surface area (Å²) in [5.41, 5.74) is 6.00. The van der Waals surface area contributed by atoms with Gasteiger partial charge in [0.05, 0.1) is 5.54 Å². The van der Waals surface area contributed by atoms with Crippen molar-refractivity contribution >= 4 is 44.9 Å². The van der Waals surface area contributed by atoms with Crippen LogP contribution in [0.1, 0.15) is 37.5 Å². The topological polar surface area (TPSA) is 56.1 Å². The zero-order valence-electron chi connectivity index (χ0n) is 17.3. The number of amides is 1. The Morgan fingerprint density at radius 3 is 2.48 bits per heavy atom. The third kappa shape index (κ3) is 4.28. The van der Waals surface area contributed by atoms with E-state index in [4.69, 9.17) is 0 Å². The zero-order chi connectivity index (χ0) is 21.3. The molecule has 2 aromatic rings. The summed E-state index contributed by atoms with van der Waals surface area (Å²) in [5, 5.41) is 12.3. The van der Waals surface area contributed by atoms with E-state index < -0.39 is 5.91 Å². The lowest BCUT2D eigenvalue weighted by Gasteiger charge is -2.41. The zero-order valence-corrected chi connectivity index (χ0v) is 18.9. The van der Waals surface area contributed by atoms with Crippen LogP contribution in [-0.2, 0) is 4.79 Å². The van der Waals surface area contributed by atoms with Crippen LogP contribution in [0.15, 0.2) is 52.5 Å². The Morgan fingerprint density at radius 1 is 1.21 bits per heavy atom. The summed E-state index contributed by atoms with van der Waals surface area (Å²) in [6.45, 7) is 8.47. The number of fused-ring (bicyclic) bond motifs is 1. The predicted molar refractivity (Wildman–Crippen MR) is 124 cm³/mol. The summed E-state index contributed by atoms with van der Waals surface area (Å²) in [6.07, 6.45) is 3.90. The van der Waals surface area contributed by atoms with E-state index in [1.807, 2.05) is 25.1 Å². The van der Waals surface area contributed by atoms with Crippen LogP contribution in [0.3, 0.4) is 0 Å². The number of carbonyl (C=O) groups excluding carboxylic acids is 1. The Balaban J connectivity index is 1.96. The van der Waals surface area contributed by atoms with Gasteiger partial charge in [0.25, 0.3) is 5.91 Å². The largest absolute Gasteiger partial charge is 0.365 e. The van der Waals surface area contributed by atoms with Crippen LogP contribution in [0, 0.1) is 18.3 Å². The van der Waals surface area contributed by atoms with Gasteiger partial charge in [-0.05, 0) is 86.9 Å². The Labute approximate surface area is 180 Å². The molecular weight excluding hydrogens is 426 g/mol. The Hall–Kier alpha value is -2.84. The van der Waals surface area contributed by atoms with Crippen LogP contribution >= 0.6 is 15.9 Å². The summed E-state index contributed by atoms with van der Waals surface area (Å²) in [6, 6.07) is 13.5. The van der Waals surface area contributed by atoms with E-state index in [0.29, 0.717) is 5.69 Å². The molecule has 4 nitrogen and oxygen atoms in total. The highest BCUT2D eigenvalue weighted by molar-refractivity contribution is 9.10. The number of anilines is 2. The number of benzene rings is 2. The van der Waals surface area contributed by atoms with E-state index in [1.54, 1.807) is 18.2 Å². The van der Waals surface area contributed by atoms with Crippen molar-refractivity contribution in [3.63, 3.8) is 0 Å². The second-order valence-electron chi connectivity index (χ2n) is 7.90. The first-order valence-corrected chi connectivity index (χ1v) is 10.2. The predicted octanol–water partition coefficient (Wildman–Crippen LogP) is 5.93. The molecule has 0 unspecified atom stereocenters. The monoisotopic (exact) mass is 449 g/mol. The maximum Gasteiger partial charge on any atom is 0.266 e. The Bertz CT molecular complexity index is 1070. The molecule has 29 heavy (non-hydrogen) atoms. The highest BCUT2D eigenvalue weighted by Crippen LogP contribution is 2.39. The maximum absolute atomic E-state index is 12.6. The molecule has 0 fully saturated rings. The van der Waals surface area contributed by atoms with Crippen molar-refractivity contribution in [2.24, 2.45) is 0 Å². The number of rotatable bonds is 3. The molecule has 3 rings (SSSR count). The van der Waals surface area contributed by atoms with E-state index >= 15 is 0 Å². The first-order valence-electron chi connectivity index (χ1n) is 9.39. The van der Waals surface area contributed by atoms with E-state index in [0.717, 1.165) is 26.9 Å². The standard InChI is InChI=1S/C24H24BrN3O/c1-15-10-22-21(16(2)13-24(3,4)28(22)5)12-17(15)11-18(14-26)23(29)27-20-8-6-19(25)7-9-20/h6-13H,1-5H3,(H,27,29)/b18-11+. The van der Waals surface area contributed by atoms with Gasteiger partial charge < -0.3 is 10.2 Å². The number of nitriles is 1. The summed E-state index contributed by atoms with van der Waals surface area (Å²) < 4.78 is 0.924. The number of carbonyl (C=O) groups is 1. The van der Waals surface area contributed by atoms with Crippen LogP contribution in [0.5, 0.6) is 0 Å². The number of hydrogen-bond acceptors (Lipinski definition) is 3. The highest BCUT2D eigenvalue weighted by Gasteiger charge is 2.28. The van der Waals surface area contributed by atoms with E-state index in [1.165, 1.54) is 5.57 Å². The number of aryl methyl sites for hydroxylation is 1. The lowest BCUT2D eigenvalue weighted by atomic mass is 9.87. The van der Waals surface area contributed by atoms with Gasteiger partial charge in [-0.3, -0.25) is 4.79 Å². The molecule has 148 valence electrons. The SMILES string of the molecule is CC1=CC(C)(C)N(C)c2cc(C)c(/C=C(\C#N)C(=O)Nc3ccc(Br)cc3)cc21. The number of hydrogen-bond donors (Lipinski definition) is 1. The van der Waals surface area contributed by atoms with Crippen molar-refractivity contribution in [1.29, 1.82) is 5.26 Å². The van der Waals surface area contributed by atoms with E-state index in [9.17, 15) is 10.1 Å². The number of allylic oxidation sites excluding steroid dienone is 1. The van der Waals surface area contributed by atoms with Gasteiger partial charge in [0, 0.05) is 28.5 Å². The van der Waals surface area contributed by atoms with Crippen molar-refractivity contribution in [3.05, 3.63) is 69.2 Å². The number of nitrogens with one attached hydrogen (secondary N) is 1. The molecule has 0 bridgehead atoms. The van der Waals surface area contributed by atoms with Gasteiger partial charge >= 0.3 is 0 Å². The first-order chi connectivity index (χ1) is 13.6. The Kier molecular flexibility index (Phi) is 5.68. The minimum Gasteiger partial charge on any atom is -0.365 e. The molecule has 2 aromatic carbocycles. The second-order valence-corrected chi connectivity index (χ2v) is 8.81. The van der Waals surface area contributed by atoms with E-state index in [-0.39, 0.29) is 11.1 Å². The third-order valence-corrected chi connectivity index (χ3v) is 5.90. The number of nitrogens with zero attached hydrogens (tertiary/aromatic N) is 2. The smallest absolute Gasteiger partial charge is 0.266 e. The molecule has 1 aliphatic rings. The summed E-state index contributed by atoms with van der Waals surface area (Å²) in [4.78, 5) is 14.9. The molecule has 1 N–H and O–H groups in total. The van der Waals surface area contributed by atoms with Crippen molar-refractivity contribution < 1.29 is 4.79 Å². The molecule has 0 saturated heterocycles. The molecular formula is C24H24BrN3O. The maximum atomic E-state index is 12.6. The first kappa shape index (κ1) is 20.9. The average Bonchev–Trinajstić information content (AvgIpc) is 2.66. The van der Waals surface area contributed by atoms with Crippen LogP contribution in [0.2, 0.25) is 0 Å². The van der Waals surface area contributed by atoms with Crippen LogP contribution in [0.25, 0.3) is 11.6 Å². The quantitative estimate of drug-likeness (QED) is 0.466. The molecule has 1 aliphatic heterocycles. The highest BCUT2D eigenvalue weighted by atomic mass is 79.9. The van der Waals surface area contributed by atoms with Crippen LogP contribution < -0.4 is 10.2 Å². The Morgan fingerprint density at radius 2 is 1.86 bits per heavy atom. The summed E-state index contributed by atoms with van der Waals surface area (Å²) in [7, 11) is 2.09. The molecule has 0 aliphatic carbocycles. The molecule has 0 radical (unpaired) electrons. The van der Waals surface area contributed by atoms with Gasteiger partial charge in [-0.25, -0.2) is 0 Å². The fourth-order valence-electron chi connectivity index (χ4n) is 3.51. The minimum absolute atomic E-state index is 0.0662. The fourth-order valence-corrected chi connectivity index (χ4v) is 3.77. The van der Waals surface area contributed by atoms with Crippen LogP contribution in [-0.4, -0.2) is 18.5 Å². The third-order valence-electron chi connectivity index (χ3n) is 5.37. The number of likely N-dealkylation sites (N-methyl/N-ethyl adjacent to an activating group) is 1. The van der Waals surface area contributed by atoms with Gasteiger partial charge in [0.1, 0.15) is 11.6 Å². The van der Waals surface area contributed by atoms with Gasteiger partial charge in [0.15, 0.2) is 0 Å². The van der Waals surface area contributed by atoms with E-state index in [2.05, 4.69) is 72.2 Å². The summed E-state index contributed by atoms with van der Waals surface area (Å²) >= 11 is 3.37. The van der Waals surface area contributed by atoms with Crippen molar-refractivity contribution in [2.75, 3.05) is 17.3 Å². The normalized spacial score (nSPS) is 15.3. The van der Waals surface area contributed by atoms with Gasteiger partial charge in [0.2, 0.25) is 0 Å². The molecule has 0 spiro atoms. The minimum atomic E-state index is -0.419. The summed E-state index contributed by atoms with van der Waals surface area (Å²) in [5.74, 6) is -0.419. The molecule has 0 aromatic heterocycles. The lowest BCUT2D eigenvalue weighted by Crippen LogP contribution is -2.42. The van der Waals surface area contributed by atoms with Gasteiger partial charge in [-0.2, -0.15) is 5.26 Å². The molecule has 1 amide bonds. The second kappa shape index (κ2) is 7.88. The van der Waals surface area contributed by atoms with Crippen molar-refractivity contribution in [1.82, 2.24) is 0 Å². The van der Waals surface area contributed by atoms with Gasteiger partial charge in [-0.15, -0.1) is 0 Å². The van der Waals surface area contributed by atoms with Gasteiger partial charge in [-0.1, -0.05) is 22.0 Å². The lowest BCUT2D eigenvalue weighted by molar-refractivity contribution is -0.112. The van der Waals surface area contributed by atoms with Crippen molar-refractivity contribution in [2.45, 2.75) is 33.2 Å².